The largest absolute Gasteiger partial charge is 0.464 e. The number of nitrogens with one attached hydrogen (secondary N) is 1. The summed E-state index contributed by atoms with van der Waals surface area (Å²) in [5.74, 6) is 0.373. The molecule has 1 aromatic heterocycles. The molecule has 2 aromatic rings. The Balaban J connectivity index is 2.29. The third-order valence-corrected chi connectivity index (χ3v) is 3.01. The summed E-state index contributed by atoms with van der Waals surface area (Å²) in [6.07, 6.45) is 0. The maximum atomic E-state index is 5.93. The Morgan fingerprint density at radius 3 is 2.89 bits per heavy atom. The van der Waals surface area contributed by atoms with Gasteiger partial charge in [0.25, 0.3) is 0 Å². The van der Waals surface area contributed by atoms with Crippen LogP contribution < -0.4 is 15.8 Å². The van der Waals surface area contributed by atoms with Crippen LogP contribution in [0.4, 0.5) is 17.6 Å². The van der Waals surface area contributed by atoms with E-state index in [1.165, 1.54) is 0 Å². The van der Waals surface area contributed by atoms with E-state index in [4.69, 9.17) is 22.1 Å². The van der Waals surface area contributed by atoms with Crippen molar-refractivity contribution in [3.63, 3.8) is 0 Å². The van der Waals surface area contributed by atoms with E-state index in [2.05, 4.69) is 36.2 Å². The summed E-state index contributed by atoms with van der Waals surface area (Å²) in [4.78, 5) is 11.9. The van der Waals surface area contributed by atoms with Crippen molar-refractivity contribution < 1.29 is 4.74 Å². The smallest absolute Gasteiger partial charge is 0.323 e. The van der Waals surface area contributed by atoms with E-state index in [0.717, 1.165) is 10.2 Å². The summed E-state index contributed by atoms with van der Waals surface area (Å²) in [7, 11) is 0. The maximum absolute atomic E-state index is 5.93. The van der Waals surface area contributed by atoms with E-state index in [-0.39, 0.29) is 12.0 Å². The van der Waals surface area contributed by atoms with Gasteiger partial charge in [-0.1, -0.05) is 11.6 Å². The van der Waals surface area contributed by atoms with Crippen LogP contribution in [0.15, 0.2) is 22.7 Å². The number of anilines is 3. The van der Waals surface area contributed by atoms with Crippen molar-refractivity contribution in [2.24, 2.45) is 0 Å². The first-order valence-electron chi connectivity index (χ1n) is 5.45. The lowest BCUT2D eigenvalue weighted by molar-refractivity contribution is 0.312. The zero-order chi connectivity index (χ0) is 13.8. The summed E-state index contributed by atoms with van der Waals surface area (Å²) >= 11 is 9.33. The van der Waals surface area contributed by atoms with Gasteiger partial charge in [0.15, 0.2) is 0 Å². The van der Waals surface area contributed by atoms with Crippen molar-refractivity contribution in [2.45, 2.75) is 6.92 Å². The first kappa shape index (κ1) is 13.8. The van der Waals surface area contributed by atoms with Crippen LogP contribution in [0, 0.1) is 0 Å². The summed E-state index contributed by atoms with van der Waals surface area (Å²) < 4.78 is 6.03. The van der Waals surface area contributed by atoms with Crippen LogP contribution in [-0.4, -0.2) is 21.6 Å². The topological polar surface area (TPSA) is 86.0 Å². The van der Waals surface area contributed by atoms with E-state index < -0.39 is 0 Å². The average molecular weight is 345 g/mol. The second-order valence-corrected chi connectivity index (χ2v) is 4.77. The monoisotopic (exact) mass is 343 g/mol. The van der Waals surface area contributed by atoms with Crippen molar-refractivity contribution in [1.29, 1.82) is 0 Å². The minimum atomic E-state index is 0.0825. The Morgan fingerprint density at radius 1 is 1.37 bits per heavy atom. The molecule has 0 radical (unpaired) electrons. The van der Waals surface area contributed by atoms with Gasteiger partial charge in [-0.2, -0.15) is 15.0 Å². The average Bonchev–Trinajstić information content (AvgIpc) is 2.33. The first-order valence-corrected chi connectivity index (χ1v) is 6.62. The molecule has 2 rings (SSSR count). The Kier molecular flexibility index (Phi) is 4.39. The number of rotatable bonds is 4. The molecule has 1 aromatic carbocycles. The molecule has 0 amide bonds. The molecule has 100 valence electrons. The fourth-order valence-corrected chi connectivity index (χ4v) is 1.85. The van der Waals surface area contributed by atoms with Crippen LogP contribution in [0.25, 0.3) is 0 Å². The van der Waals surface area contributed by atoms with E-state index in [1.54, 1.807) is 12.1 Å². The third kappa shape index (κ3) is 3.68. The minimum Gasteiger partial charge on any atom is -0.464 e. The number of halogens is 2. The zero-order valence-corrected chi connectivity index (χ0v) is 12.4. The number of hydrogen-bond donors (Lipinski definition) is 2. The van der Waals surface area contributed by atoms with Crippen molar-refractivity contribution in [1.82, 2.24) is 15.0 Å². The summed E-state index contributed by atoms with van der Waals surface area (Å²) in [5.41, 5.74) is 6.31. The third-order valence-electron chi connectivity index (χ3n) is 2.08. The van der Waals surface area contributed by atoms with E-state index in [9.17, 15) is 0 Å². The summed E-state index contributed by atoms with van der Waals surface area (Å²) in [6, 6.07) is 5.50. The predicted octanol–water partition coefficient (Wildman–Crippen LogP) is 3.01. The standard InChI is InChI=1S/C11H11BrClN5O/c1-2-19-11-17-9(14)16-10(18-11)15-8-5-6(13)3-4-7(8)12/h3-5H,2H2,1H3,(H3,14,15,16,17,18). The number of nitrogens with two attached hydrogens (primary N) is 1. The molecule has 0 bridgehead atoms. The highest BCUT2D eigenvalue weighted by Crippen LogP contribution is 2.28. The van der Waals surface area contributed by atoms with Crippen molar-refractivity contribution in [2.75, 3.05) is 17.7 Å². The molecule has 19 heavy (non-hydrogen) atoms. The molecule has 6 nitrogen and oxygen atoms in total. The van der Waals surface area contributed by atoms with Gasteiger partial charge in [0.2, 0.25) is 11.9 Å². The molecule has 0 unspecified atom stereocenters. The Labute approximate surface area is 123 Å². The molecule has 0 atom stereocenters. The second kappa shape index (κ2) is 6.03. The summed E-state index contributed by atoms with van der Waals surface area (Å²) in [6.45, 7) is 2.28. The normalized spacial score (nSPS) is 10.3. The number of ether oxygens (including phenoxy) is 1. The molecule has 1 heterocycles. The first-order chi connectivity index (χ1) is 9.08. The molecule has 0 spiro atoms. The second-order valence-electron chi connectivity index (χ2n) is 3.48. The highest BCUT2D eigenvalue weighted by molar-refractivity contribution is 9.10. The van der Waals surface area contributed by atoms with Crippen LogP contribution >= 0.6 is 27.5 Å². The molecule has 0 saturated carbocycles. The van der Waals surface area contributed by atoms with Crippen LogP contribution in [-0.2, 0) is 0 Å². The lowest BCUT2D eigenvalue weighted by Gasteiger charge is -2.09. The maximum Gasteiger partial charge on any atom is 0.323 e. The predicted molar refractivity (Wildman–Crippen MR) is 77.8 cm³/mol. The van der Waals surface area contributed by atoms with Gasteiger partial charge in [-0.25, -0.2) is 0 Å². The van der Waals surface area contributed by atoms with Crippen molar-refractivity contribution >= 4 is 45.1 Å². The van der Waals surface area contributed by atoms with E-state index in [1.807, 2.05) is 13.0 Å². The Hall–Kier alpha value is -1.60. The van der Waals surface area contributed by atoms with Gasteiger partial charge in [0, 0.05) is 9.50 Å². The van der Waals surface area contributed by atoms with Crippen LogP contribution in [0.5, 0.6) is 6.01 Å². The lowest BCUT2D eigenvalue weighted by Crippen LogP contribution is -2.06. The van der Waals surface area contributed by atoms with Crippen molar-refractivity contribution in [3.8, 4) is 6.01 Å². The van der Waals surface area contributed by atoms with Crippen molar-refractivity contribution in [3.05, 3.63) is 27.7 Å². The minimum absolute atomic E-state index is 0.0825. The van der Waals surface area contributed by atoms with Crippen LogP contribution in [0.2, 0.25) is 5.02 Å². The van der Waals surface area contributed by atoms with Gasteiger partial charge in [0.05, 0.1) is 12.3 Å². The highest BCUT2D eigenvalue weighted by Gasteiger charge is 2.07. The number of nitrogens with zero attached hydrogens (tertiary/aromatic N) is 3. The highest BCUT2D eigenvalue weighted by atomic mass is 79.9. The molecule has 0 aliphatic rings. The van der Waals surface area contributed by atoms with Crippen LogP contribution in [0.3, 0.4) is 0 Å². The number of nitrogen functional groups attached to an aromatic ring is 1. The van der Waals surface area contributed by atoms with E-state index in [0.29, 0.717) is 17.6 Å². The SMILES string of the molecule is CCOc1nc(N)nc(Nc2cc(Cl)ccc2Br)n1. The lowest BCUT2D eigenvalue weighted by atomic mass is 10.3. The van der Waals surface area contributed by atoms with Gasteiger partial charge in [0.1, 0.15) is 0 Å². The molecule has 0 aliphatic carbocycles. The molecular formula is C11H11BrClN5O. The Bertz CT molecular complexity index is 595. The zero-order valence-electron chi connectivity index (χ0n) is 10.0. The Morgan fingerprint density at radius 2 is 2.16 bits per heavy atom. The molecule has 0 aliphatic heterocycles. The molecule has 3 N–H and O–H groups in total. The molecule has 8 heteroatoms. The van der Waals surface area contributed by atoms with Gasteiger partial charge < -0.3 is 15.8 Å². The van der Waals surface area contributed by atoms with Crippen LogP contribution in [0.1, 0.15) is 6.92 Å². The number of aromatic nitrogens is 3. The fraction of sp³-hybridized carbons (Fsp3) is 0.182. The van der Waals surface area contributed by atoms with Gasteiger partial charge in [-0.15, -0.1) is 0 Å². The van der Waals surface area contributed by atoms with Gasteiger partial charge in [-0.05, 0) is 41.1 Å². The number of benzene rings is 1. The van der Waals surface area contributed by atoms with Gasteiger partial charge in [-0.3, -0.25) is 0 Å². The number of hydrogen-bond acceptors (Lipinski definition) is 6. The van der Waals surface area contributed by atoms with E-state index >= 15 is 0 Å². The molecule has 0 fully saturated rings. The fourth-order valence-electron chi connectivity index (χ4n) is 1.34. The summed E-state index contributed by atoms with van der Waals surface area (Å²) in [5, 5.41) is 3.59. The molecule has 0 saturated heterocycles. The van der Waals surface area contributed by atoms with Gasteiger partial charge >= 0.3 is 6.01 Å². The molecular weight excluding hydrogens is 334 g/mol. The quantitative estimate of drug-likeness (QED) is 0.886.